The van der Waals surface area contributed by atoms with Gasteiger partial charge in [-0.05, 0) is 37.3 Å². The lowest BCUT2D eigenvalue weighted by atomic mass is 10.2. The predicted molar refractivity (Wildman–Crippen MR) is 95.5 cm³/mol. The fourth-order valence-electron chi connectivity index (χ4n) is 2.37. The van der Waals surface area contributed by atoms with Crippen molar-refractivity contribution in [3.63, 3.8) is 0 Å². The third-order valence-electron chi connectivity index (χ3n) is 3.73. The van der Waals surface area contributed by atoms with Crippen molar-refractivity contribution in [1.82, 2.24) is 25.8 Å². The van der Waals surface area contributed by atoms with Crippen molar-refractivity contribution in [1.29, 1.82) is 0 Å². The maximum absolute atomic E-state index is 12.1. The van der Waals surface area contributed by atoms with Gasteiger partial charge in [-0.3, -0.25) is 20.4 Å². The molecule has 0 aliphatic rings. The molecule has 1 heterocycles. The van der Waals surface area contributed by atoms with Gasteiger partial charge in [-0.25, -0.2) is 9.48 Å². The number of hydrogen-bond donors (Lipinski definition) is 2. The van der Waals surface area contributed by atoms with Crippen LogP contribution in [0.2, 0.25) is 0 Å². The van der Waals surface area contributed by atoms with Gasteiger partial charge in [0.2, 0.25) is 0 Å². The summed E-state index contributed by atoms with van der Waals surface area (Å²) in [6, 6.07) is 13.2. The van der Waals surface area contributed by atoms with Gasteiger partial charge in [0.15, 0.2) is 6.61 Å². The van der Waals surface area contributed by atoms with Crippen LogP contribution in [0.15, 0.2) is 48.5 Å². The van der Waals surface area contributed by atoms with Crippen molar-refractivity contribution in [2.45, 2.75) is 13.5 Å². The highest BCUT2D eigenvalue weighted by atomic mass is 16.5. The molecule has 3 rings (SSSR count). The lowest BCUT2D eigenvalue weighted by molar-refractivity contribution is -0.125. The SMILES string of the molecule is CCn1nnc2cc(C(=O)OCC(=O)NNC(=O)c3ccccc3)ccc21. The molecule has 0 saturated carbocycles. The summed E-state index contributed by atoms with van der Waals surface area (Å²) in [5.74, 6) is -1.81. The highest BCUT2D eigenvalue weighted by Crippen LogP contribution is 2.14. The molecule has 0 atom stereocenters. The molecule has 0 aliphatic heterocycles. The van der Waals surface area contributed by atoms with Crippen molar-refractivity contribution in [3.05, 3.63) is 59.7 Å². The van der Waals surface area contributed by atoms with Gasteiger partial charge in [0.25, 0.3) is 11.8 Å². The first kappa shape index (κ1) is 18.1. The van der Waals surface area contributed by atoms with Crippen LogP contribution in [0.25, 0.3) is 11.0 Å². The predicted octanol–water partition coefficient (Wildman–Crippen LogP) is 1.07. The Morgan fingerprint density at radius 1 is 1.04 bits per heavy atom. The number of aromatic nitrogens is 3. The summed E-state index contributed by atoms with van der Waals surface area (Å²) in [6.45, 7) is 2.06. The molecule has 0 saturated heterocycles. The number of nitrogens with one attached hydrogen (secondary N) is 2. The first-order chi connectivity index (χ1) is 13.1. The molecular formula is C18H17N5O4. The van der Waals surface area contributed by atoms with E-state index in [-0.39, 0.29) is 5.56 Å². The zero-order valence-corrected chi connectivity index (χ0v) is 14.5. The molecule has 27 heavy (non-hydrogen) atoms. The summed E-state index contributed by atoms with van der Waals surface area (Å²) < 4.78 is 6.65. The Balaban J connectivity index is 1.51. The van der Waals surface area contributed by atoms with E-state index in [0.29, 0.717) is 17.6 Å². The Bertz CT molecular complexity index is 984. The zero-order valence-electron chi connectivity index (χ0n) is 14.5. The summed E-state index contributed by atoms with van der Waals surface area (Å²) in [7, 11) is 0. The fourth-order valence-corrected chi connectivity index (χ4v) is 2.37. The van der Waals surface area contributed by atoms with E-state index in [0.717, 1.165) is 5.52 Å². The molecule has 2 amide bonds. The molecular weight excluding hydrogens is 350 g/mol. The van der Waals surface area contributed by atoms with Crippen molar-refractivity contribution < 1.29 is 19.1 Å². The number of ether oxygens (including phenoxy) is 1. The maximum Gasteiger partial charge on any atom is 0.338 e. The topological polar surface area (TPSA) is 115 Å². The van der Waals surface area contributed by atoms with Crippen molar-refractivity contribution in [2.75, 3.05) is 6.61 Å². The smallest absolute Gasteiger partial charge is 0.338 e. The van der Waals surface area contributed by atoms with Crippen LogP contribution in [0, 0.1) is 0 Å². The van der Waals surface area contributed by atoms with Crippen LogP contribution in [-0.2, 0) is 16.1 Å². The van der Waals surface area contributed by atoms with Crippen molar-refractivity contribution in [3.8, 4) is 0 Å². The molecule has 3 aromatic rings. The number of fused-ring (bicyclic) bond motifs is 1. The summed E-state index contributed by atoms with van der Waals surface area (Å²) in [6.07, 6.45) is 0. The number of hydrazine groups is 1. The number of amides is 2. The standard InChI is InChI=1S/C18H17N5O4/c1-2-23-15-9-8-13(10-14(15)19-22-23)18(26)27-11-16(24)20-21-17(25)12-6-4-3-5-7-12/h3-10H,2,11H2,1H3,(H,20,24)(H,21,25). The van der Waals surface area contributed by atoms with Crippen LogP contribution < -0.4 is 10.9 Å². The molecule has 9 heteroatoms. The number of rotatable bonds is 5. The van der Waals surface area contributed by atoms with Crippen LogP contribution in [0.3, 0.4) is 0 Å². The monoisotopic (exact) mass is 367 g/mol. The number of benzene rings is 2. The highest BCUT2D eigenvalue weighted by Gasteiger charge is 2.13. The molecule has 0 unspecified atom stereocenters. The molecule has 9 nitrogen and oxygen atoms in total. The van der Waals surface area contributed by atoms with E-state index in [1.165, 1.54) is 0 Å². The van der Waals surface area contributed by atoms with Crippen molar-refractivity contribution >= 4 is 28.8 Å². The summed E-state index contributed by atoms with van der Waals surface area (Å²) in [5, 5.41) is 7.95. The second kappa shape index (κ2) is 8.09. The molecule has 0 radical (unpaired) electrons. The number of hydrogen-bond acceptors (Lipinski definition) is 6. The van der Waals surface area contributed by atoms with Crippen LogP contribution in [-0.4, -0.2) is 39.4 Å². The van der Waals surface area contributed by atoms with Crippen molar-refractivity contribution in [2.24, 2.45) is 0 Å². The summed E-state index contributed by atoms with van der Waals surface area (Å²) in [4.78, 5) is 35.6. The maximum atomic E-state index is 12.1. The van der Waals surface area contributed by atoms with E-state index in [9.17, 15) is 14.4 Å². The number of aryl methyl sites for hydroxylation is 1. The Kier molecular flexibility index (Phi) is 5.41. The number of nitrogens with zero attached hydrogens (tertiary/aromatic N) is 3. The van der Waals surface area contributed by atoms with Gasteiger partial charge >= 0.3 is 5.97 Å². The Labute approximate surface area is 154 Å². The van der Waals surface area contributed by atoms with Crippen LogP contribution >= 0.6 is 0 Å². The Morgan fingerprint density at radius 3 is 2.56 bits per heavy atom. The third-order valence-corrected chi connectivity index (χ3v) is 3.73. The van der Waals surface area contributed by atoms with Gasteiger partial charge < -0.3 is 4.74 Å². The molecule has 0 aliphatic carbocycles. The van der Waals surface area contributed by atoms with E-state index in [1.807, 2.05) is 6.92 Å². The van der Waals surface area contributed by atoms with Gasteiger partial charge in [0.05, 0.1) is 11.1 Å². The number of esters is 1. The molecule has 0 bridgehead atoms. The van der Waals surface area contributed by atoms with Crippen LogP contribution in [0.1, 0.15) is 27.6 Å². The van der Waals surface area contributed by atoms with Gasteiger partial charge in [-0.15, -0.1) is 5.10 Å². The molecule has 2 N–H and O–H groups in total. The van der Waals surface area contributed by atoms with Gasteiger partial charge in [-0.1, -0.05) is 23.4 Å². The van der Waals surface area contributed by atoms with Gasteiger partial charge in [0.1, 0.15) is 5.52 Å². The normalized spacial score (nSPS) is 10.4. The first-order valence-corrected chi connectivity index (χ1v) is 8.23. The second-order valence-electron chi connectivity index (χ2n) is 5.55. The number of carbonyl (C=O) groups is 3. The Morgan fingerprint density at radius 2 is 1.81 bits per heavy atom. The minimum Gasteiger partial charge on any atom is -0.452 e. The minimum absolute atomic E-state index is 0.256. The summed E-state index contributed by atoms with van der Waals surface area (Å²) >= 11 is 0. The fraction of sp³-hybridized carbons (Fsp3) is 0.167. The first-order valence-electron chi connectivity index (χ1n) is 8.23. The molecule has 0 spiro atoms. The lowest BCUT2D eigenvalue weighted by Crippen LogP contribution is -2.43. The molecule has 1 aromatic heterocycles. The zero-order chi connectivity index (χ0) is 19.2. The average Bonchev–Trinajstić information content (AvgIpc) is 3.13. The minimum atomic E-state index is -0.674. The average molecular weight is 367 g/mol. The van der Waals surface area contributed by atoms with Gasteiger partial charge in [-0.2, -0.15) is 0 Å². The van der Waals surface area contributed by atoms with E-state index < -0.39 is 24.4 Å². The largest absolute Gasteiger partial charge is 0.452 e. The van der Waals surface area contributed by atoms with E-state index in [2.05, 4.69) is 21.2 Å². The van der Waals surface area contributed by atoms with Crippen LogP contribution in [0.4, 0.5) is 0 Å². The molecule has 138 valence electrons. The van der Waals surface area contributed by atoms with E-state index in [4.69, 9.17) is 4.74 Å². The molecule has 2 aromatic carbocycles. The third kappa shape index (κ3) is 4.27. The highest BCUT2D eigenvalue weighted by molar-refractivity contribution is 5.96. The lowest BCUT2D eigenvalue weighted by Gasteiger charge is -2.08. The van der Waals surface area contributed by atoms with Gasteiger partial charge in [0, 0.05) is 12.1 Å². The Hall–Kier alpha value is -3.75. The summed E-state index contributed by atoms with van der Waals surface area (Å²) in [5.41, 5.74) is 6.44. The number of carbonyl (C=O) groups excluding carboxylic acids is 3. The molecule has 0 fully saturated rings. The van der Waals surface area contributed by atoms with Crippen LogP contribution in [0.5, 0.6) is 0 Å². The van der Waals surface area contributed by atoms with E-state index in [1.54, 1.807) is 53.2 Å². The quantitative estimate of drug-likeness (QED) is 0.515. The van der Waals surface area contributed by atoms with E-state index >= 15 is 0 Å². The second-order valence-corrected chi connectivity index (χ2v) is 5.55.